The Kier molecular flexibility index (Phi) is 2.54. The van der Waals surface area contributed by atoms with Gasteiger partial charge in [-0.25, -0.2) is 0 Å². The maximum absolute atomic E-state index is 11.6. The van der Waals surface area contributed by atoms with Gasteiger partial charge in [-0.3, -0.25) is 4.79 Å². The van der Waals surface area contributed by atoms with Crippen molar-refractivity contribution in [3.05, 3.63) is 0 Å². The summed E-state index contributed by atoms with van der Waals surface area (Å²) in [4.78, 5) is 13.7. The highest BCUT2D eigenvalue weighted by atomic mass is 16.2. The van der Waals surface area contributed by atoms with Crippen molar-refractivity contribution in [3.8, 4) is 0 Å². The Labute approximate surface area is 79.5 Å². The molecule has 13 heavy (non-hydrogen) atoms. The number of nitrogens with zero attached hydrogens (tertiary/aromatic N) is 1. The Morgan fingerprint density at radius 3 is 2.77 bits per heavy atom. The molecule has 2 aliphatic rings. The summed E-state index contributed by atoms with van der Waals surface area (Å²) in [6.45, 7) is 3.59. The molecule has 2 fully saturated rings. The Bertz CT molecular complexity index is 199. The van der Waals surface area contributed by atoms with E-state index in [0.29, 0.717) is 24.5 Å². The van der Waals surface area contributed by atoms with Gasteiger partial charge in [-0.2, -0.15) is 0 Å². The number of hydrogen-bond acceptors (Lipinski definition) is 2. The fraction of sp³-hybridized carbons (Fsp3) is 0.900. The molecule has 1 atom stereocenters. The molecule has 1 heterocycles. The molecule has 0 aromatic carbocycles. The molecule has 0 bridgehead atoms. The predicted octanol–water partition coefficient (Wildman–Crippen LogP) is 0.749. The highest BCUT2D eigenvalue weighted by molar-refractivity contribution is 5.79. The minimum absolute atomic E-state index is 0.296. The number of amides is 1. The SMILES string of the molecule is C[C@@H]1CN(C2CCCC2)C(=O)CN1. The summed E-state index contributed by atoms with van der Waals surface area (Å²) in [6.07, 6.45) is 5.05. The van der Waals surface area contributed by atoms with Crippen LogP contribution in [0.15, 0.2) is 0 Å². The zero-order valence-electron chi connectivity index (χ0n) is 8.25. The van der Waals surface area contributed by atoms with Crippen molar-refractivity contribution in [2.75, 3.05) is 13.1 Å². The summed E-state index contributed by atoms with van der Waals surface area (Å²) in [6, 6.07) is 1.02. The van der Waals surface area contributed by atoms with E-state index >= 15 is 0 Å². The third-order valence-electron chi connectivity index (χ3n) is 3.16. The predicted molar refractivity (Wildman–Crippen MR) is 51.4 cm³/mol. The molecule has 3 heteroatoms. The normalized spacial score (nSPS) is 31.3. The lowest BCUT2D eigenvalue weighted by Crippen LogP contribution is -2.55. The van der Waals surface area contributed by atoms with Gasteiger partial charge in [0, 0.05) is 18.6 Å². The molecule has 74 valence electrons. The molecule has 0 unspecified atom stereocenters. The second-order valence-corrected chi connectivity index (χ2v) is 4.27. The highest BCUT2D eigenvalue weighted by Gasteiger charge is 2.30. The van der Waals surface area contributed by atoms with Gasteiger partial charge in [-0.1, -0.05) is 12.8 Å². The average Bonchev–Trinajstić information content (AvgIpc) is 2.61. The monoisotopic (exact) mass is 182 g/mol. The maximum atomic E-state index is 11.6. The molecule has 0 aromatic rings. The van der Waals surface area contributed by atoms with Crippen molar-refractivity contribution in [2.24, 2.45) is 0 Å². The van der Waals surface area contributed by atoms with Crippen molar-refractivity contribution in [1.29, 1.82) is 0 Å². The van der Waals surface area contributed by atoms with Gasteiger partial charge in [-0.15, -0.1) is 0 Å². The summed E-state index contributed by atoms with van der Waals surface area (Å²) in [5, 5.41) is 3.19. The van der Waals surface area contributed by atoms with Crippen LogP contribution >= 0.6 is 0 Å². The molecule has 1 saturated carbocycles. The molecule has 1 aliphatic heterocycles. The van der Waals surface area contributed by atoms with E-state index in [1.54, 1.807) is 0 Å². The molecule has 1 aliphatic carbocycles. The van der Waals surface area contributed by atoms with E-state index in [4.69, 9.17) is 0 Å². The summed E-state index contributed by atoms with van der Waals surface area (Å²) >= 11 is 0. The molecular weight excluding hydrogens is 164 g/mol. The summed E-state index contributed by atoms with van der Waals surface area (Å²) in [5.74, 6) is 0.296. The van der Waals surface area contributed by atoms with Crippen LogP contribution in [0.5, 0.6) is 0 Å². The topological polar surface area (TPSA) is 32.3 Å². The zero-order valence-corrected chi connectivity index (χ0v) is 8.25. The summed E-state index contributed by atoms with van der Waals surface area (Å²) in [7, 11) is 0. The first kappa shape index (κ1) is 9.00. The average molecular weight is 182 g/mol. The van der Waals surface area contributed by atoms with Crippen LogP contribution < -0.4 is 5.32 Å². The minimum atomic E-state index is 0.296. The van der Waals surface area contributed by atoms with Gasteiger partial charge < -0.3 is 10.2 Å². The van der Waals surface area contributed by atoms with Gasteiger partial charge in [0.2, 0.25) is 5.91 Å². The van der Waals surface area contributed by atoms with E-state index < -0.39 is 0 Å². The van der Waals surface area contributed by atoms with Crippen LogP contribution in [0.25, 0.3) is 0 Å². The first-order chi connectivity index (χ1) is 6.27. The summed E-state index contributed by atoms with van der Waals surface area (Å²) < 4.78 is 0. The lowest BCUT2D eigenvalue weighted by Gasteiger charge is -2.36. The van der Waals surface area contributed by atoms with Gasteiger partial charge >= 0.3 is 0 Å². The van der Waals surface area contributed by atoms with Crippen LogP contribution in [-0.4, -0.2) is 36.0 Å². The summed E-state index contributed by atoms with van der Waals surface area (Å²) in [5.41, 5.74) is 0. The number of carbonyl (C=O) groups excluding carboxylic acids is 1. The fourth-order valence-corrected chi connectivity index (χ4v) is 2.39. The van der Waals surface area contributed by atoms with Crippen molar-refractivity contribution >= 4 is 5.91 Å². The van der Waals surface area contributed by atoms with Crippen LogP contribution in [0.1, 0.15) is 32.6 Å². The van der Waals surface area contributed by atoms with Gasteiger partial charge in [0.05, 0.1) is 6.54 Å². The molecule has 3 nitrogen and oxygen atoms in total. The molecule has 0 spiro atoms. The van der Waals surface area contributed by atoms with E-state index in [1.165, 1.54) is 25.7 Å². The number of nitrogens with one attached hydrogen (secondary N) is 1. The van der Waals surface area contributed by atoms with Crippen molar-refractivity contribution in [3.63, 3.8) is 0 Å². The van der Waals surface area contributed by atoms with E-state index in [2.05, 4.69) is 17.1 Å². The Morgan fingerprint density at radius 1 is 1.38 bits per heavy atom. The van der Waals surface area contributed by atoms with Crippen LogP contribution in [0, 0.1) is 0 Å². The van der Waals surface area contributed by atoms with Crippen LogP contribution in [-0.2, 0) is 4.79 Å². The second-order valence-electron chi connectivity index (χ2n) is 4.27. The third kappa shape index (κ3) is 1.85. The van der Waals surface area contributed by atoms with Gasteiger partial charge in [0.25, 0.3) is 0 Å². The van der Waals surface area contributed by atoms with Crippen LogP contribution in [0.4, 0.5) is 0 Å². The molecule has 0 radical (unpaired) electrons. The lowest BCUT2D eigenvalue weighted by atomic mass is 10.1. The highest BCUT2D eigenvalue weighted by Crippen LogP contribution is 2.24. The smallest absolute Gasteiger partial charge is 0.236 e. The molecule has 1 amide bonds. The first-order valence-electron chi connectivity index (χ1n) is 5.30. The molecule has 0 aromatic heterocycles. The third-order valence-corrected chi connectivity index (χ3v) is 3.16. The standard InChI is InChI=1S/C10H18N2O/c1-8-7-12(10(13)6-11-8)9-4-2-3-5-9/h8-9,11H,2-7H2,1H3/t8-/m1/s1. The van der Waals surface area contributed by atoms with Gasteiger partial charge in [0.1, 0.15) is 0 Å². The van der Waals surface area contributed by atoms with Crippen molar-refractivity contribution in [1.82, 2.24) is 10.2 Å². The van der Waals surface area contributed by atoms with E-state index in [1.807, 2.05) is 0 Å². The maximum Gasteiger partial charge on any atom is 0.236 e. The van der Waals surface area contributed by atoms with Crippen LogP contribution in [0.2, 0.25) is 0 Å². The molecule has 1 N–H and O–H groups in total. The minimum Gasteiger partial charge on any atom is -0.337 e. The number of piperazine rings is 1. The Balaban J connectivity index is 1.98. The van der Waals surface area contributed by atoms with Gasteiger partial charge in [-0.05, 0) is 19.8 Å². The Morgan fingerprint density at radius 2 is 2.08 bits per heavy atom. The number of hydrogen-bond donors (Lipinski definition) is 1. The lowest BCUT2D eigenvalue weighted by molar-refractivity contribution is -0.135. The van der Waals surface area contributed by atoms with Crippen molar-refractivity contribution in [2.45, 2.75) is 44.7 Å². The van der Waals surface area contributed by atoms with Crippen molar-refractivity contribution < 1.29 is 4.79 Å². The molecular formula is C10H18N2O. The zero-order chi connectivity index (χ0) is 9.26. The molecule has 1 saturated heterocycles. The number of carbonyl (C=O) groups is 1. The van der Waals surface area contributed by atoms with E-state index in [-0.39, 0.29) is 0 Å². The van der Waals surface area contributed by atoms with E-state index in [0.717, 1.165) is 6.54 Å². The van der Waals surface area contributed by atoms with Crippen LogP contribution in [0.3, 0.4) is 0 Å². The largest absolute Gasteiger partial charge is 0.337 e. The Hall–Kier alpha value is -0.570. The quantitative estimate of drug-likeness (QED) is 0.649. The fourth-order valence-electron chi connectivity index (χ4n) is 2.39. The molecule has 2 rings (SSSR count). The van der Waals surface area contributed by atoms with Gasteiger partial charge in [0.15, 0.2) is 0 Å². The second kappa shape index (κ2) is 3.66. The number of rotatable bonds is 1. The van der Waals surface area contributed by atoms with E-state index in [9.17, 15) is 4.79 Å². The first-order valence-corrected chi connectivity index (χ1v) is 5.30.